The molecule has 2 amide bonds. The molecule has 0 saturated carbocycles. The molecular formula is C18H23N3O2. The Balaban J connectivity index is 2.59. The van der Waals surface area contributed by atoms with E-state index in [1.54, 1.807) is 24.3 Å². The molecule has 0 spiro atoms. The summed E-state index contributed by atoms with van der Waals surface area (Å²) in [5, 5.41) is 13.9. The predicted molar refractivity (Wildman–Crippen MR) is 90.4 cm³/mol. The summed E-state index contributed by atoms with van der Waals surface area (Å²) >= 11 is 0. The van der Waals surface area contributed by atoms with Gasteiger partial charge in [0.05, 0.1) is 6.07 Å². The van der Waals surface area contributed by atoms with Crippen molar-refractivity contribution < 1.29 is 9.59 Å². The third-order valence-corrected chi connectivity index (χ3v) is 3.48. The minimum absolute atomic E-state index is 0.0389. The summed E-state index contributed by atoms with van der Waals surface area (Å²) in [6.45, 7) is 8.47. The number of carbonyl (C=O) groups excluding carboxylic acids is 2. The molecular weight excluding hydrogens is 290 g/mol. The van der Waals surface area contributed by atoms with Gasteiger partial charge >= 0.3 is 0 Å². The smallest absolute Gasteiger partial charge is 0.248 e. The maximum Gasteiger partial charge on any atom is 0.248 e. The SMILES string of the molecule is C/C(=C\C(=O)Nc1ccc(CNC(=O)CC#N)cc1)C(C)(C)C. The topological polar surface area (TPSA) is 82.0 Å². The van der Waals surface area contributed by atoms with E-state index < -0.39 is 0 Å². The molecule has 0 aromatic heterocycles. The van der Waals surface area contributed by atoms with E-state index in [1.165, 1.54) is 0 Å². The average molecular weight is 313 g/mol. The Labute approximate surface area is 137 Å². The van der Waals surface area contributed by atoms with Gasteiger partial charge in [0, 0.05) is 18.3 Å². The Bertz CT molecular complexity index is 632. The maximum absolute atomic E-state index is 12.0. The lowest BCUT2D eigenvalue weighted by Gasteiger charge is -2.19. The van der Waals surface area contributed by atoms with Gasteiger partial charge in [-0.15, -0.1) is 0 Å². The van der Waals surface area contributed by atoms with Crippen molar-refractivity contribution in [3.63, 3.8) is 0 Å². The van der Waals surface area contributed by atoms with Crippen molar-refractivity contribution >= 4 is 17.5 Å². The van der Waals surface area contributed by atoms with Gasteiger partial charge in [-0.2, -0.15) is 5.26 Å². The summed E-state index contributed by atoms with van der Waals surface area (Å²) < 4.78 is 0. The van der Waals surface area contributed by atoms with Gasteiger partial charge in [-0.05, 0) is 30.0 Å². The molecule has 0 radical (unpaired) electrons. The van der Waals surface area contributed by atoms with Gasteiger partial charge in [0.1, 0.15) is 6.42 Å². The zero-order valence-corrected chi connectivity index (χ0v) is 14.1. The van der Waals surface area contributed by atoms with Crippen LogP contribution in [0, 0.1) is 16.7 Å². The van der Waals surface area contributed by atoms with Crippen LogP contribution in [0.25, 0.3) is 0 Å². The zero-order valence-electron chi connectivity index (χ0n) is 14.1. The van der Waals surface area contributed by atoms with E-state index in [9.17, 15) is 9.59 Å². The first-order chi connectivity index (χ1) is 10.7. The van der Waals surface area contributed by atoms with Gasteiger partial charge in [-0.25, -0.2) is 0 Å². The number of amides is 2. The molecule has 5 nitrogen and oxygen atoms in total. The third kappa shape index (κ3) is 6.79. The molecule has 0 heterocycles. The lowest BCUT2D eigenvalue weighted by molar-refractivity contribution is -0.120. The number of benzene rings is 1. The van der Waals surface area contributed by atoms with Gasteiger partial charge in [-0.3, -0.25) is 9.59 Å². The highest BCUT2D eigenvalue weighted by molar-refractivity contribution is 5.99. The van der Waals surface area contributed by atoms with E-state index in [0.29, 0.717) is 12.2 Å². The molecule has 1 aromatic rings. The molecule has 5 heteroatoms. The molecule has 0 unspecified atom stereocenters. The predicted octanol–water partition coefficient (Wildman–Crippen LogP) is 3.15. The highest BCUT2D eigenvalue weighted by atomic mass is 16.2. The van der Waals surface area contributed by atoms with Crippen LogP contribution >= 0.6 is 0 Å². The van der Waals surface area contributed by atoms with Crippen molar-refractivity contribution in [2.24, 2.45) is 5.41 Å². The molecule has 122 valence electrons. The zero-order chi connectivity index (χ0) is 17.5. The molecule has 0 aliphatic heterocycles. The van der Waals surface area contributed by atoms with Crippen molar-refractivity contribution in [3.05, 3.63) is 41.5 Å². The van der Waals surface area contributed by atoms with E-state index in [2.05, 4.69) is 31.4 Å². The molecule has 0 atom stereocenters. The van der Waals surface area contributed by atoms with Crippen LogP contribution in [0.1, 0.15) is 39.7 Å². The van der Waals surface area contributed by atoms with E-state index >= 15 is 0 Å². The first-order valence-electron chi connectivity index (χ1n) is 7.44. The number of allylic oxidation sites excluding steroid dienone is 1. The number of hydrogen-bond acceptors (Lipinski definition) is 3. The van der Waals surface area contributed by atoms with Gasteiger partial charge < -0.3 is 10.6 Å². The fourth-order valence-corrected chi connectivity index (χ4v) is 1.63. The van der Waals surface area contributed by atoms with Gasteiger partial charge in [0.15, 0.2) is 0 Å². The minimum Gasteiger partial charge on any atom is -0.351 e. The highest BCUT2D eigenvalue weighted by Crippen LogP contribution is 2.24. The minimum atomic E-state index is -0.298. The number of nitriles is 1. The Kier molecular flexibility index (Phi) is 6.52. The van der Waals surface area contributed by atoms with Crippen molar-refractivity contribution in [3.8, 4) is 6.07 Å². The molecule has 0 aliphatic rings. The molecule has 1 rings (SSSR count). The second kappa shape index (κ2) is 8.14. The van der Waals surface area contributed by atoms with Crippen LogP contribution in [0.4, 0.5) is 5.69 Å². The maximum atomic E-state index is 12.0. The summed E-state index contributed by atoms with van der Waals surface area (Å²) in [4.78, 5) is 23.2. The van der Waals surface area contributed by atoms with Crippen LogP contribution in [-0.2, 0) is 16.1 Å². The lowest BCUT2D eigenvalue weighted by atomic mass is 9.87. The largest absolute Gasteiger partial charge is 0.351 e. The summed E-state index contributed by atoms with van der Waals surface area (Å²) in [5.41, 5.74) is 2.56. The number of nitrogens with one attached hydrogen (secondary N) is 2. The fraction of sp³-hybridized carbons (Fsp3) is 0.389. The highest BCUT2D eigenvalue weighted by Gasteiger charge is 2.13. The average Bonchev–Trinajstić information content (AvgIpc) is 2.45. The molecule has 23 heavy (non-hydrogen) atoms. The lowest BCUT2D eigenvalue weighted by Crippen LogP contribution is -2.21. The monoisotopic (exact) mass is 313 g/mol. The number of anilines is 1. The molecule has 0 saturated heterocycles. The fourth-order valence-electron chi connectivity index (χ4n) is 1.63. The van der Waals surface area contributed by atoms with E-state index in [1.807, 2.05) is 19.1 Å². The Morgan fingerprint density at radius 3 is 2.35 bits per heavy atom. The summed E-state index contributed by atoms with van der Waals surface area (Å²) in [7, 11) is 0. The van der Waals surface area contributed by atoms with Gasteiger partial charge in [0.25, 0.3) is 0 Å². The standard InChI is InChI=1S/C18H23N3O2/c1-13(18(2,3)4)11-17(23)21-15-7-5-14(6-8-15)12-20-16(22)9-10-19/h5-8,11H,9,12H2,1-4H3,(H,20,22)(H,21,23)/b13-11+. The number of hydrogen-bond donors (Lipinski definition) is 2. The normalized spacial score (nSPS) is 11.5. The molecule has 1 aromatic carbocycles. The van der Waals surface area contributed by atoms with E-state index in [0.717, 1.165) is 11.1 Å². The van der Waals surface area contributed by atoms with Crippen LogP contribution in [-0.4, -0.2) is 11.8 Å². The van der Waals surface area contributed by atoms with E-state index in [-0.39, 0.29) is 23.7 Å². The van der Waals surface area contributed by atoms with Crippen LogP contribution in [0.5, 0.6) is 0 Å². The first-order valence-corrected chi connectivity index (χ1v) is 7.44. The Hall–Kier alpha value is -2.61. The molecule has 2 N–H and O–H groups in total. The first kappa shape index (κ1) is 18.4. The second-order valence-corrected chi connectivity index (χ2v) is 6.38. The number of rotatable bonds is 5. The van der Waals surface area contributed by atoms with Crippen LogP contribution < -0.4 is 10.6 Å². The Morgan fingerprint density at radius 1 is 1.22 bits per heavy atom. The van der Waals surface area contributed by atoms with Crippen molar-refractivity contribution in [2.75, 3.05) is 5.32 Å². The van der Waals surface area contributed by atoms with Crippen molar-refractivity contribution in [1.29, 1.82) is 5.26 Å². The van der Waals surface area contributed by atoms with Crippen LogP contribution in [0.2, 0.25) is 0 Å². The van der Waals surface area contributed by atoms with Crippen LogP contribution in [0.15, 0.2) is 35.9 Å². The molecule has 0 bridgehead atoms. The summed E-state index contributed by atoms with van der Waals surface area (Å²) in [5.74, 6) is -0.458. The number of carbonyl (C=O) groups is 2. The Morgan fingerprint density at radius 2 is 1.83 bits per heavy atom. The van der Waals surface area contributed by atoms with Crippen molar-refractivity contribution in [2.45, 2.75) is 40.7 Å². The summed E-state index contributed by atoms with van der Waals surface area (Å²) in [6.07, 6.45) is 1.46. The molecule has 0 fully saturated rings. The third-order valence-electron chi connectivity index (χ3n) is 3.48. The number of nitrogens with zero attached hydrogens (tertiary/aromatic N) is 1. The summed E-state index contributed by atoms with van der Waals surface area (Å²) in [6, 6.07) is 9.00. The van der Waals surface area contributed by atoms with E-state index in [4.69, 9.17) is 5.26 Å². The van der Waals surface area contributed by atoms with Gasteiger partial charge in [0.2, 0.25) is 11.8 Å². The van der Waals surface area contributed by atoms with Crippen molar-refractivity contribution in [1.82, 2.24) is 5.32 Å². The van der Waals surface area contributed by atoms with Crippen LogP contribution in [0.3, 0.4) is 0 Å². The quantitative estimate of drug-likeness (QED) is 0.819. The second-order valence-electron chi connectivity index (χ2n) is 6.38. The molecule has 0 aliphatic carbocycles. The van der Waals surface area contributed by atoms with Gasteiger partial charge in [-0.1, -0.05) is 38.5 Å².